The van der Waals surface area contributed by atoms with Crippen LogP contribution in [0.4, 0.5) is 10.1 Å². The van der Waals surface area contributed by atoms with Gasteiger partial charge in [0.25, 0.3) is 0 Å². The Kier molecular flexibility index (Phi) is 4.40. The highest BCUT2D eigenvalue weighted by Crippen LogP contribution is 2.31. The van der Waals surface area contributed by atoms with Gasteiger partial charge in [0.1, 0.15) is 5.82 Å². The zero-order valence-electron chi connectivity index (χ0n) is 12.0. The fourth-order valence-electron chi connectivity index (χ4n) is 2.11. The van der Waals surface area contributed by atoms with Gasteiger partial charge < -0.3 is 4.74 Å². The van der Waals surface area contributed by atoms with E-state index >= 15 is 0 Å². The zero-order chi connectivity index (χ0) is 16.4. The Morgan fingerprint density at radius 2 is 2.30 bits per heavy atom. The first-order valence-electron chi connectivity index (χ1n) is 6.57. The first-order chi connectivity index (χ1) is 11.1. The number of carbonyl (C=O) groups excluding carboxylic acids is 1. The number of hydrogen-bond acceptors (Lipinski definition) is 6. The van der Waals surface area contributed by atoms with Crippen LogP contribution < -0.4 is 4.90 Å². The van der Waals surface area contributed by atoms with E-state index in [4.69, 9.17) is 16.3 Å². The molecule has 23 heavy (non-hydrogen) atoms. The fourth-order valence-corrected chi connectivity index (χ4v) is 3.01. The van der Waals surface area contributed by atoms with E-state index in [0.29, 0.717) is 22.1 Å². The summed E-state index contributed by atoms with van der Waals surface area (Å²) in [7, 11) is 1.30. The first-order valence-corrected chi connectivity index (χ1v) is 7.83. The quantitative estimate of drug-likeness (QED) is 0.796. The Bertz CT molecular complexity index is 805. The molecule has 0 amide bonds. The normalized spacial score (nSPS) is 14.3. The van der Waals surface area contributed by atoms with E-state index in [0.717, 1.165) is 0 Å². The summed E-state index contributed by atoms with van der Waals surface area (Å²) in [5, 5.41) is 2.70. The first kappa shape index (κ1) is 15.6. The van der Waals surface area contributed by atoms with Gasteiger partial charge >= 0.3 is 5.97 Å². The smallest absolute Gasteiger partial charge is 0.337 e. The van der Waals surface area contributed by atoms with Gasteiger partial charge in [-0.25, -0.2) is 14.2 Å². The second-order valence-corrected chi connectivity index (χ2v) is 5.89. The van der Waals surface area contributed by atoms with Crippen molar-refractivity contribution in [3.63, 3.8) is 0 Å². The molecular formula is C15H11ClFN3O2S. The van der Waals surface area contributed by atoms with Gasteiger partial charge in [-0.15, -0.1) is 11.3 Å². The third-order valence-electron chi connectivity index (χ3n) is 3.15. The molecule has 8 heteroatoms. The highest BCUT2D eigenvalue weighted by Gasteiger charge is 2.25. The topological polar surface area (TPSA) is 54.8 Å². The molecule has 0 atom stereocenters. The summed E-state index contributed by atoms with van der Waals surface area (Å²) < 4.78 is 18.1. The molecule has 0 aliphatic carbocycles. The molecule has 2 aromatic rings. The minimum absolute atomic E-state index is 0.177. The van der Waals surface area contributed by atoms with Crippen LogP contribution in [0.25, 0.3) is 0 Å². The molecule has 1 aliphatic rings. The lowest BCUT2D eigenvalue weighted by Crippen LogP contribution is -2.32. The highest BCUT2D eigenvalue weighted by atomic mass is 35.5. The predicted octanol–water partition coefficient (Wildman–Crippen LogP) is 3.26. The number of thiazole rings is 1. The van der Waals surface area contributed by atoms with Crippen LogP contribution in [0, 0.1) is 5.82 Å². The van der Waals surface area contributed by atoms with Crippen LogP contribution in [0.3, 0.4) is 0 Å². The van der Waals surface area contributed by atoms with Crippen molar-refractivity contribution in [3.05, 3.63) is 57.4 Å². The van der Waals surface area contributed by atoms with E-state index in [1.54, 1.807) is 17.3 Å². The molecular weight excluding hydrogens is 341 g/mol. The molecule has 0 bridgehead atoms. The van der Waals surface area contributed by atoms with Gasteiger partial charge in [0, 0.05) is 17.8 Å². The van der Waals surface area contributed by atoms with E-state index in [9.17, 15) is 9.18 Å². The molecule has 0 spiro atoms. The Morgan fingerprint density at radius 1 is 1.48 bits per heavy atom. The van der Waals surface area contributed by atoms with Crippen LogP contribution in [0.15, 0.2) is 46.5 Å². The van der Waals surface area contributed by atoms with Gasteiger partial charge in [0.2, 0.25) is 0 Å². The number of amidine groups is 1. The molecule has 0 fully saturated rings. The Labute approximate surface area is 140 Å². The molecule has 1 aliphatic heterocycles. The number of carbonyl (C=O) groups is 1. The number of aromatic nitrogens is 1. The van der Waals surface area contributed by atoms with Crippen LogP contribution in [0.1, 0.15) is 5.01 Å². The summed E-state index contributed by atoms with van der Waals surface area (Å²) >= 11 is 7.56. The number of esters is 1. The van der Waals surface area contributed by atoms with Crippen molar-refractivity contribution in [1.82, 2.24) is 4.98 Å². The predicted molar refractivity (Wildman–Crippen MR) is 87.5 cm³/mol. The lowest BCUT2D eigenvalue weighted by molar-refractivity contribution is -0.136. The highest BCUT2D eigenvalue weighted by molar-refractivity contribution is 7.11. The summed E-state index contributed by atoms with van der Waals surface area (Å²) in [4.78, 5) is 22.1. The Hall–Kier alpha value is -2.25. The van der Waals surface area contributed by atoms with Crippen LogP contribution in [0.5, 0.6) is 0 Å². The summed E-state index contributed by atoms with van der Waals surface area (Å²) in [6.07, 6.45) is 3.25. The molecule has 0 radical (unpaired) electrons. The summed E-state index contributed by atoms with van der Waals surface area (Å²) in [6, 6.07) is 4.02. The van der Waals surface area contributed by atoms with Crippen molar-refractivity contribution in [1.29, 1.82) is 0 Å². The third kappa shape index (κ3) is 3.11. The van der Waals surface area contributed by atoms with E-state index < -0.39 is 11.8 Å². The van der Waals surface area contributed by atoms with E-state index in [1.165, 1.54) is 36.6 Å². The van der Waals surface area contributed by atoms with Gasteiger partial charge in [-0.05, 0) is 18.2 Å². The molecule has 0 unspecified atom stereocenters. The van der Waals surface area contributed by atoms with Crippen LogP contribution in [-0.4, -0.2) is 30.4 Å². The molecule has 118 valence electrons. The van der Waals surface area contributed by atoms with E-state index in [2.05, 4.69) is 9.98 Å². The maximum absolute atomic E-state index is 13.3. The average Bonchev–Trinajstić information content (AvgIpc) is 3.08. The van der Waals surface area contributed by atoms with Crippen LogP contribution in [-0.2, 0) is 9.53 Å². The number of methoxy groups -OCH3 is 1. The number of benzene rings is 1. The minimum Gasteiger partial charge on any atom is -0.466 e. The molecule has 1 aromatic heterocycles. The molecule has 1 aromatic carbocycles. The maximum atomic E-state index is 13.3. The molecule has 0 saturated carbocycles. The van der Waals surface area contributed by atoms with E-state index in [-0.39, 0.29) is 11.6 Å². The van der Waals surface area contributed by atoms with Crippen molar-refractivity contribution in [3.8, 4) is 0 Å². The molecule has 5 nitrogen and oxygen atoms in total. The van der Waals surface area contributed by atoms with Crippen molar-refractivity contribution in [2.24, 2.45) is 4.99 Å². The average molecular weight is 352 g/mol. The summed E-state index contributed by atoms with van der Waals surface area (Å²) in [6.45, 7) is 0.177. The number of rotatable bonds is 3. The number of anilines is 1. The summed E-state index contributed by atoms with van der Waals surface area (Å²) in [5.74, 6) is -0.378. The Balaban J connectivity index is 2.08. The Morgan fingerprint density at radius 3 is 2.96 bits per heavy atom. The largest absolute Gasteiger partial charge is 0.466 e. The molecule has 2 heterocycles. The van der Waals surface area contributed by atoms with Gasteiger partial charge in [0.05, 0.1) is 29.9 Å². The third-order valence-corrected chi connectivity index (χ3v) is 4.22. The number of aliphatic imine (C=N–C) groups is 1. The number of halogens is 2. The van der Waals surface area contributed by atoms with Crippen LogP contribution in [0.2, 0.25) is 5.02 Å². The van der Waals surface area contributed by atoms with Crippen molar-refractivity contribution in [2.45, 2.75) is 0 Å². The van der Waals surface area contributed by atoms with Gasteiger partial charge in [-0.3, -0.25) is 9.89 Å². The van der Waals surface area contributed by atoms with Gasteiger partial charge in [-0.2, -0.15) is 0 Å². The van der Waals surface area contributed by atoms with Gasteiger partial charge in [0.15, 0.2) is 10.8 Å². The second-order valence-electron chi connectivity index (χ2n) is 4.59. The van der Waals surface area contributed by atoms with Crippen molar-refractivity contribution in [2.75, 3.05) is 18.6 Å². The minimum atomic E-state index is -0.477. The SMILES string of the molecule is COC(=O)C1=CN(c2ccc(F)cc2Cl)C(c2nccs2)=NC1. The standard InChI is InChI=1S/C15H11ClFN3O2S/c1-22-15(21)9-7-19-13(14-18-4-5-23-14)20(8-9)12-3-2-10(17)6-11(12)16/h2-6,8H,7H2,1H3. The lowest BCUT2D eigenvalue weighted by Gasteiger charge is -2.26. The molecule has 0 N–H and O–H groups in total. The molecule has 0 saturated heterocycles. The van der Waals surface area contributed by atoms with Gasteiger partial charge in [-0.1, -0.05) is 11.6 Å². The van der Waals surface area contributed by atoms with E-state index in [1.807, 2.05) is 5.38 Å². The number of nitrogens with zero attached hydrogens (tertiary/aromatic N) is 3. The monoisotopic (exact) mass is 351 g/mol. The molecule has 3 rings (SSSR count). The van der Waals surface area contributed by atoms with Crippen LogP contribution >= 0.6 is 22.9 Å². The maximum Gasteiger partial charge on any atom is 0.337 e. The number of hydrogen-bond donors (Lipinski definition) is 0. The number of ether oxygens (including phenoxy) is 1. The van der Waals surface area contributed by atoms with Crippen molar-refractivity contribution < 1.29 is 13.9 Å². The zero-order valence-corrected chi connectivity index (χ0v) is 13.6. The fraction of sp³-hybridized carbons (Fsp3) is 0.133. The lowest BCUT2D eigenvalue weighted by atomic mass is 10.2. The second kappa shape index (κ2) is 6.47. The summed E-state index contributed by atoms with van der Waals surface area (Å²) in [5.41, 5.74) is 0.872. The van der Waals surface area contributed by atoms with Crippen molar-refractivity contribution >= 4 is 40.4 Å².